The first-order valence-electron chi connectivity index (χ1n) is 9.23. The van der Waals surface area contributed by atoms with Crippen molar-refractivity contribution >= 4 is 29.9 Å². The number of nitrogens with one attached hydrogen (secondary N) is 2. The van der Waals surface area contributed by atoms with Gasteiger partial charge in [0.1, 0.15) is 12.4 Å². The van der Waals surface area contributed by atoms with Crippen molar-refractivity contribution in [3.05, 3.63) is 48.0 Å². The van der Waals surface area contributed by atoms with Crippen molar-refractivity contribution in [3.63, 3.8) is 0 Å². The first-order chi connectivity index (χ1) is 14.0. The molecular weight excluding hydrogens is 516 g/mol. The van der Waals surface area contributed by atoms with E-state index in [4.69, 9.17) is 13.9 Å². The van der Waals surface area contributed by atoms with E-state index in [2.05, 4.69) is 20.6 Å². The maximum Gasteiger partial charge on any atom is 0.422 e. The van der Waals surface area contributed by atoms with Gasteiger partial charge in [0, 0.05) is 31.5 Å². The van der Waals surface area contributed by atoms with Crippen molar-refractivity contribution in [2.24, 2.45) is 4.99 Å². The molecule has 0 aliphatic heterocycles. The van der Waals surface area contributed by atoms with Crippen LogP contribution in [0.25, 0.3) is 0 Å². The van der Waals surface area contributed by atoms with E-state index in [1.54, 1.807) is 24.5 Å². The van der Waals surface area contributed by atoms with Crippen molar-refractivity contribution < 1.29 is 27.1 Å². The van der Waals surface area contributed by atoms with Crippen molar-refractivity contribution in [2.75, 3.05) is 26.3 Å². The molecule has 0 atom stereocenters. The molecular formula is C19H26F3IN4O3. The minimum absolute atomic E-state index is 0. The summed E-state index contributed by atoms with van der Waals surface area (Å²) in [6.07, 6.45) is -0.697. The van der Waals surface area contributed by atoms with E-state index in [1.165, 1.54) is 6.20 Å². The number of halogens is 4. The summed E-state index contributed by atoms with van der Waals surface area (Å²) >= 11 is 0. The number of aliphatic imine (C=N–C) groups is 1. The van der Waals surface area contributed by atoms with Crippen LogP contribution in [0.1, 0.15) is 24.7 Å². The Kier molecular flexibility index (Phi) is 12.2. The van der Waals surface area contributed by atoms with Gasteiger partial charge in [0.15, 0.2) is 12.6 Å². The van der Waals surface area contributed by atoms with Crippen LogP contribution in [0.15, 0.2) is 46.1 Å². The molecule has 0 saturated heterocycles. The van der Waals surface area contributed by atoms with E-state index in [9.17, 15) is 13.2 Å². The molecule has 0 aliphatic rings. The Bertz CT molecular complexity index is 743. The molecule has 2 N–H and O–H groups in total. The van der Waals surface area contributed by atoms with E-state index in [0.29, 0.717) is 37.8 Å². The largest absolute Gasteiger partial charge is 0.468 e. The summed E-state index contributed by atoms with van der Waals surface area (Å²) in [6, 6.07) is 6.91. The summed E-state index contributed by atoms with van der Waals surface area (Å²) < 4.78 is 52.6. The fourth-order valence-corrected chi connectivity index (χ4v) is 2.28. The average molecular weight is 542 g/mol. The molecule has 11 heteroatoms. The standard InChI is InChI=1S/C19H25F3N4O3.HI/c1-2-23-18(25-9-5-10-27-13-16-7-4-11-28-16)26-12-15-6-3-8-24-17(15)29-14-19(20,21)22;/h3-4,6-8,11H,2,5,9-10,12-14H2,1H3,(H2,23,25,26);1H. The molecule has 2 aromatic heterocycles. The van der Waals surface area contributed by atoms with Gasteiger partial charge < -0.3 is 24.5 Å². The van der Waals surface area contributed by atoms with Crippen molar-refractivity contribution in [1.29, 1.82) is 0 Å². The summed E-state index contributed by atoms with van der Waals surface area (Å²) in [7, 11) is 0. The third-order valence-corrected chi connectivity index (χ3v) is 3.56. The number of pyridine rings is 1. The summed E-state index contributed by atoms with van der Waals surface area (Å²) in [6.45, 7) is 2.89. The highest BCUT2D eigenvalue weighted by atomic mass is 127. The molecule has 0 spiro atoms. The molecule has 0 radical (unpaired) electrons. The number of hydrogen-bond acceptors (Lipinski definition) is 5. The molecule has 0 saturated carbocycles. The highest BCUT2D eigenvalue weighted by molar-refractivity contribution is 14.0. The third kappa shape index (κ3) is 10.7. The zero-order valence-corrected chi connectivity index (χ0v) is 18.9. The van der Waals surface area contributed by atoms with Crippen molar-refractivity contribution in [3.8, 4) is 5.88 Å². The topological polar surface area (TPSA) is 80.9 Å². The summed E-state index contributed by atoms with van der Waals surface area (Å²) in [5.74, 6) is 1.24. The number of alkyl halides is 3. The van der Waals surface area contributed by atoms with Crippen LogP contribution < -0.4 is 15.4 Å². The van der Waals surface area contributed by atoms with Crippen LogP contribution in [-0.4, -0.2) is 43.4 Å². The molecule has 0 bridgehead atoms. The maximum atomic E-state index is 12.4. The molecule has 2 aromatic rings. The molecule has 0 unspecified atom stereocenters. The lowest BCUT2D eigenvalue weighted by Gasteiger charge is -2.13. The third-order valence-electron chi connectivity index (χ3n) is 3.56. The van der Waals surface area contributed by atoms with Gasteiger partial charge >= 0.3 is 6.18 Å². The molecule has 0 amide bonds. The number of ether oxygens (including phenoxy) is 2. The van der Waals surface area contributed by atoms with Crippen LogP contribution in [-0.2, 0) is 17.9 Å². The van der Waals surface area contributed by atoms with E-state index >= 15 is 0 Å². The van der Waals surface area contributed by atoms with Gasteiger partial charge in [-0.3, -0.25) is 0 Å². The molecule has 30 heavy (non-hydrogen) atoms. The van der Waals surface area contributed by atoms with Crippen LogP contribution in [0.3, 0.4) is 0 Å². The molecule has 0 aliphatic carbocycles. The summed E-state index contributed by atoms with van der Waals surface area (Å²) in [5, 5.41) is 6.24. The van der Waals surface area contributed by atoms with Gasteiger partial charge in [-0.25, -0.2) is 9.98 Å². The zero-order chi connectivity index (χ0) is 21.0. The van der Waals surface area contributed by atoms with Crippen LogP contribution >= 0.6 is 24.0 Å². The number of furan rings is 1. The number of aromatic nitrogens is 1. The normalized spacial score (nSPS) is 11.7. The molecule has 0 fully saturated rings. The fraction of sp³-hybridized carbons (Fsp3) is 0.474. The van der Waals surface area contributed by atoms with Gasteiger partial charge in [0.05, 0.1) is 12.8 Å². The summed E-state index contributed by atoms with van der Waals surface area (Å²) in [5.41, 5.74) is 0.468. The molecule has 168 valence electrons. The monoisotopic (exact) mass is 542 g/mol. The average Bonchev–Trinajstić information content (AvgIpc) is 3.20. The van der Waals surface area contributed by atoms with Gasteiger partial charge in [0.25, 0.3) is 0 Å². The van der Waals surface area contributed by atoms with Crippen molar-refractivity contribution in [1.82, 2.24) is 15.6 Å². The lowest BCUT2D eigenvalue weighted by molar-refractivity contribution is -0.154. The Balaban J connectivity index is 0.00000450. The van der Waals surface area contributed by atoms with Gasteiger partial charge in [-0.15, -0.1) is 24.0 Å². The molecule has 0 aromatic carbocycles. The zero-order valence-electron chi connectivity index (χ0n) is 16.6. The Morgan fingerprint density at radius 3 is 2.77 bits per heavy atom. The number of hydrogen-bond donors (Lipinski definition) is 2. The number of guanidine groups is 1. The quantitative estimate of drug-likeness (QED) is 0.194. The minimum Gasteiger partial charge on any atom is -0.468 e. The predicted octanol–water partition coefficient (Wildman–Crippen LogP) is 3.90. The van der Waals surface area contributed by atoms with Crippen LogP contribution in [0, 0.1) is 0 Å². The first kappa shape index (κ1) is 26.0. The molecule has 2 rings (SSSR count). The maximum absolute atomic E-state index is 12.4. The van der Waals surface area contributed by atoms with Gasteiger partial charge in [-0.05, 0) is 31.5 Å². The Morgan fingerprint density at radius 1 is 1.23 bits per heavy atom. The Hall–Kier alpha value is -2.02. The second-order valence-corrected chi connectivity index (χ2v) is 5.98. The highest BCUT2D eigenvalue weighted by Gasteiger charge is 2.29. The SMILES string of the molecule is CCNC(=NCc1cccnc1OCC(F)(F)F)NCCCOCc1ccco1.I. The lowest BCUT2D eigenvalue weighted by atomic mass is 10.3. The predicted molar refractivity (Wildman–Crippen MR) is 117 cm³/mol. The lowest BCUT2D eigenvalue weighted by Crippen LogP contribution is -2.38. The minimum atomic E-state index is -4.42. The Morgan fingerprint density at radius 2 is 2.07 bits per heavy atom. The van der Waals surface area contributed by atoms with Gasteiger partial charge in [-0.2, -0.15) is 13.2 Å². The second kappa shape index (κ2) is 14.1. The van der Waals surface area contributed by atoms with Crippen LogP contribution in [0.5, 0.6) is 5.88 Å². The molecule has 2 heterocycles. The fourth-order valence-electron chi connectivity index (χ4n) is 2.28. The Labute approximate surface area is 190 Å². The van der Waals surface area contributed by atoms with E-state index in [-0.39, 0.29) is 36.4 Å². The van der Waals surface area contributed by atoms with Crippen LogP contribution in [0.2, 0.25) is 0 Å². The number of nitrogens with zero attached hydrogens (tertiary/aromatic N) is 2. The second-order valence-electron chi connectivity index (χ2n) is 5.98. The van der Waals surface area contributed by atoms with E-state index < -0.39 is 12.8 Å². The van der Waals surface area contributed by atoms with Gasteiger partial charge in [0.2, 0.25) is 5.88 Å². The van der Waals surface area contributed by atoms with Crippen LogP contribution in [0.4, 0.5) is 13.2 Å². The highest BCUT2D eigenvalue weighted by Crippen LogP contribution is 2.20. The number of rotatable bonds is 11. The smallest absolute Gasteiger partial charge is 0.422 e. The van der Waals surface area contributed by atoms with Gasteiger partial charge in [-0.1, -0.05) is 6.07 Å². The van der Waals surface area contributed by atoms with E-state index in [1.807, 2.05) is 13.0 Å². The first-order valence-corrected chi connectivity index (χ1v) is 9.23. The van der Waals surface area contributed by atoms with Crippen molar-refractivity contribution in [2.45, 2.75) is 32.7 Å². The summed E-state index contributed by atoms with van der Waals surface area (Å²) in [4.78, 5) is 8.25. The molecule has 7 nitrogen and oxygen atoms in total. The van der Waals surface area contributed by atoms with E-state index in [0.717, 1.165) is 12.2 Å².